The minimum absolute atomic E-state index is 0.131. The lowest BCUT2D eigenvalue weighted by Gasteiger charge is -2.26. The fourth-order valence-corrected chi connectivity index (χ4v) is 1.50. The number of rotatable bonds is 4. The van der Waals surface area contributed by atoms with Crippen LogP contribution in [0.15, 0.2) is 24.3 Å². The van der Waals surface area contributed by atoms with E-state index in [-0.39, 0.29) is 12.1 Å². The largest absolute Gasteiger partial charge is 0.486 e. The van der Waals surface area contributed by atoms with Crippen LogP contribution in [0, 0.1) is 0 Å². The lowest BCUT2D eigenvalue weighted by atomic mass is 10.1. The first kappa shape index (κ1) is 10.5. The summed E-state index contributed by atoms with van der Waals surface area (Å²) in [5.41, 5.74) is 7.08. The summed E-state index contributed by atoms with van der Waals surface area (Å²) in [6.45, 7) is 3.49. The number of ether oxygens (including phenoxy) is 2. The molecule has 0 saturated carbocycles. The summed E-state index contributed by atoms with van der Waals surface area (Å²) in [4.78, 5) is 0. The highest BCUT2D eigenvalue weighted by Gasteiger charge is 2.19. The van der Waals surface area contributed by atoms with Gasteiger partial charge in [-0.05, 0) is 24.1 Å². The van der Waals surface area contributed by atoms with Crippen molar-refractivity contribution in [2.75, 3.05) is 13.2 Å². The predicted molar refractivity (Wildman–Crippen MR) is 58.9 cm³/mol. The van der Waals surface area contributed by atoms with E-state index in [1.165, 1.54) is 0 Å². The molecule has 0 bridgehead atoms. The van der Waals surface area contributed by atoms with Crippen molar-refractivity contribution in [2.24, 2.45) is 5.73 Å². The van der Waals surface area contributed by atoms with Crippen molar-refractivity contribution in [3.05, 3.63) is 29.8 Å². The van der Waals surface area contributed by atoms with E-state index in [2.05, 4.69) is 6.92 Å². The van der Waals surface area contributed by atoms with Crippen LogP contribution in [0.3, 0.4) is 0 Å². The Morgan fingerprint density at radius 3 is 2.53 bits per heavy atom. The first-order chi connectivity index (χ1) is 7.29. The van der Waals surface area contributed by atoms with Crippen molar-refractivity contribution in [3.8, 4) is 5.75 Å². The molecule has 2 rings (SSSR count). The van der Waals surface area contributed by atoms with Crippen molar-refractivity contribution in [1.82, 2.24) is 0 Å². The molecule has 0 radical (unpaired) electrons. The summed E-state index contributed by atoms with van der Waals surface area (Å²) in [6.07, 6.45) is 1.19. The van der Waals surface area contributed by atoms with Crippen LogP contribution in [-0.2, 0) is 4.74 Å². The summed E-state index contributed by atoms with van der Waals surface area (Å²) in [7, 11) is 0. The molecule has 15 heavy (non-hydrogen) atoms. The van der Waals surface area contributed by atoms with Gasteiger partial charge in [-0.2, -0.15) is 0 Å². The Balaban J connectivity index is 1.96. The molecule has 3 nitrogen and oxygen atoms in total. The summed E-state index contributed by atoms with van der Waals surface area (Å²) >= 11 is 0. The van der Waals surface area contributed by atoms with Crippen LogP contribution in [-0.4, -0.2) is 19.3 Å². The standard InChI is InChI=1S/C12H17NO2/c1-2-12(13)9-3-5-10(6-4-9)15-11-7-14-8-11/h3-6,11-12H,2,7-8,13H2,1H3/t12-/m0/s1. The molecule has 1 fully saturated rings. The predicted octanol–water partition coefficient (Wildman–Crippen LogP) is 1.87. The number of nitrogens with two attached hydrogens (primary N) is 1. The van der Waals surface area contributed by atoms with Crippen molar-refractivity contribution >= 4 is 0 Å². The van der Waals surface area contributed by atoms with Crippen LogP contribution in [0.25, 0.3) is 0 Å². The summed E-state index contributed by atoms with van der Waals surface area (Å²) in [5, 5.41) is 0. The maximum absolute atomic E-state index is 5.92. The second kappa shape index (κ2) is 4.64. The minimum atomic E-state index is 0.131. The monoisotopic (exact) mass is 207 g/mol. The van der Waals surface area contributed by atoms with E-state index >= 15 is 0 Å². The first-order valence-electron chi connectivity index (χ1n) is 5.39. The molecular formula is C12H17NO2. The molecule has 1 heterocycles. The van der Waals surface area contributed by atoms with Crippen LogP contribution >= 0.6 is 0 Å². The third kappa shape index (κ3) is 2.49. The molecule has 1 aliphatic heterocycles. The zero-order valence-electron chi connectivity index (χ0n) is 8.98. The Kier molecular flexibility index (Phi) is 3.23. The number of hydrogen-bond acceptors (Lipinski definition) is 3. The fourth-order valence-electron chi connectivity index (χ4n) is 1.50. The lowest BCUT2D eigenvalue weighted by molar-refractivity contribution is -0.0796. The minimum Gasteiger partial charge on any atom is -0.486 e. The normalized spacial score (nSPS) is 18.3. The SMILES string of the molecule is CC[C@H](N)c1ccc(OC2COC2)cc1. The lowest BCUT2D eigenvalue weighted by Crippen LogP contribution is -2.38. The first-order valence-corrected chi connectivity index (χ1v) is 5.39. The maximum Gasteiger partial charge on any atom is 0.145 e. The third-order valence-electron chi connectivity index (χ3n) is 2.66. The summed E-state index contributed by atoms with van der Waals surface area (Å²) < 4.78 is 10.7. The fraction of sp³-hybridized carbons (Fsp3) is 0.500. The average molecular weight is 207 g/mol. The van der Waals surface area contributed by atoms with Gasteiger partial charge >= 0.3 is 0 Å². The van der Waals surface area contributed by atoms with Gasteiger partial charge in [0.15, 0.2) is 0 Å². The van der Waals surface area contributed by atoms with Gasteiger partial charge in [0.05, 0.1) is 13.2 Å². The Bertz CT molecular complexity index is 306. The van der Waals surface area contributed by atoms with Gasteiger partial charge in [0, 0.05) is 6.04 Å². The molecule has 1 saturated heterocycles. The Morgan fingerprint density at radius 1 is 1.40 bits per heavy atom. The molecule has 0 aromatic heterocycles. The zero-order valence-corrected chi connectivity index (χ0v) is 8.98. The van der Waals surface area contributed by atoms with Gasteiger partial charge in [0.1, 0.15) is 11.9 Å². The third-order valence-corrected chi connectivity index (χ3v) is 2.66. The second-order valence-corrected chi connectivity index (χ2v) is 3.86. The molecule has 82 valence electrons. The van der Waals surface area contributed by atoms with Crippen molar-refractivity contribution in [3.63, 3.8) is 0 Å². The molecule has 1 atom stereocenters. The van der Waals surface area contributed by atoms with Gasteiger partial charge in [-0.3, -0.25) is 0 Å². The van der Waals surface area contributed by atoms with Crippen LogP contribution in [0.1, 0.15) is 24.9 Å². The molecule has 0 spiro atoms. The highest BCUT2D eigenvalue weighted by molar-refractivity contribution is 5.29. The van der Waals surface area contributed by atoms with Gasteiger partial charge in [-0.1, -0.05) is 19.1 Å². The van der Waals surface area contributed by atoms with E-state index in [1.807, 2.05) is 24.3 Å². The Morgan fingerprint density at radius 2 is 2.07 bits per heavy atom. The average Bonchev–Trinajstić information content (AvgIpc) is 2.23. The summed E-state index contributed by atoms with van der Waals surface area (Å²) in [6, 6.07) is 8.14. The summed E-state index contributed by atoms with van der Waals surface area (Å²) in [5.74, 6) is 0.898. The van der Waals surface area contributed by atoms with Crippen molar-refractivity contribution in [2.45, 2.75) is 25.5 Å². The van der Waals surface area contributed by atoms with E-state index < -0.39 is 0 Å². The molecular weight excluding hydrogens is 190 g/mol. The van der Waals surface area contributed by atoms with Gasteiger partial charge in [-0.25, -0.2) is 0 Å². The van der Waals surface area contributed by atoms with Gasteiger partial charge in [0.2, 0.25) is 0 Å². The Hall–Kier alpha value is -1.06. The van der Waals surface area contributed by atoms with E-state index in [9.17, 15) is 0 Å². The molecule has 1 aliphatic rings. The van der Waals surface area contributed by atoms with Crippen molar-refractivity contribution in [1.29, 1.82) is 0 Å². The molecule has 0 amide bonds. The molecule has 0 unspecified atom stereocenters. The van der Waals surface area contributed by atoms with Gasteiger partial charge in [0.25, 0.3) is 0 Å². The molecule has 0 aliphatic carbocycles. The van der Waals surface area contributed by atoms with Crippen LogP contribution in [0.4, 0.5) is 0 Å². The number of benzene rings is 1. The van der Waals surface area contributed by atoms with Crippen LogP contribution in [0.5, 0.6) is 5.75 Å². The Labute approximate surface area is 90.2 Å². The number of hydrogen-bond donors (Lipinski definition) is 1. The topological polar surface area (TPSA) is 44.5 Å². The molecule has 3 heteroatoms. The van der Waals surface area contributed by atoms with Gasteiger partial charge in [-0.15, -0.1) is 0 Å². The van der Waals surface area contributed by atoms with Crippen LogP contribution in [0.2, 0.25) is 0 Å². The van der Waals surface area contributed by atoms with Crippen molar-refractivity contribution < 1.29 is 9.47 Å². The quantitative estimate of drug-likeness (QED) is 0.819. The van der Waals surface area contributed by atoms with E-state index in [4.69, 9.17) is 15.2 Å². The van der Waals surface area contributed by atoms with Crippen LogP contribution < -0.4 is 10.5 Å². The van der Waals surface area contributed by atoms with Gasteiger partial charge < -0.3 is 15.2 Å². The maximum atomic E-state index is 5.92. The second-order valence-electron chi connectivity index (χ2n) is 3.86. The highest BCUT2D eigenvalue weighted by atomic mass is 16.6. The molecule has 1 aromatic carbocycles. The molecule has 1 aromatic rings. The highest BCUT2D eigenvalue weighted by Crippen LogP contribution is 2.20. The van der Waals surface area contributed by atoms with E-state index in [1.54, 1.807) is 0 Å². The molecule has 2 N–H and O–H groups in total. The van der Waals surface area contributed by atoms with E-state index in [0.29, 0.717) is 13.2 Å². The zero-order chi connectivity index (χ0) is 10.7. The van der Waals surface area contributed by atoms with E-state index in [0.717, 1.165) is 17.7 Å². The smallest absolute Gasteiger partial charge is 0.145 e.